The van der Waals surface area contributed by atoms with Gasteiger partial charge in [-0.2, -0.15) is 5.10 Å². The van der Waals surface area contributed by atoms with Crippen molar-refractivity contribution in [1.82, 2.24) is 24.9 Å². The van der Waals surface area contributed by atoms with Crippen LogP contribution in [0.1, 0.15) is 49.4 Å². The number of H-pyrrole nitrogens is 1. The van der Waals surface area contributed by atoms with E-state index in [4.69, 9.17) is 5.73 Å². The number of rotatable bonds is 5. The molecule has 2 amide bonds. The molecule has 0 bridgehead atoms. The van der Waals surface area contributed by atoms with Gasteiger partial charge in [-0.25, -0.2) is 0 Å². The van der Waals surface area contributed by atoms with Crippen LogP contribution >= 0.6 is 0 Å². The molecule has 1 radical (unpaired) electrons. The average Bonchev–Trinajstić information content (AvgIpc) is 3.20. The normalized spacial score (nSPS) is 24.9. The first-order chi connectivity index (χ1) is 13.6. The standard InChI is InChI=1S/C20H31N6O2/c21-20(28)19-16-14-22-23-17(16)6-12-26(19)13-7-18(27)25-10-4-15(5-11-25)24-8-2-1-3-9-24/h7,14-15,19H,1-6,8-13H2,(H2,21,28)(H,22,23). The Balaban J connectivity index is 1.27. The van der Waals surface area contributed by atoms with Crippen LogP contribution in [0.3, 0.4) is 0 Å². The van der Waals surface area contributed by atoms with E-state index in [9.17, 15) is 9.59 Å². The summed E-state index contributed by atoms with van der Waals surface area (Å²) in [5, 5.41) is 6.97. The van der Waals surface area contributed by atoms with E-state index in [1.165, 1.54) is 32.4 Å². The summed E-state index contributed by atoms with van der Waals surface area (Å²) in [7, 11) is 0. The minimum atomic E-state index is -0.517. The lowest BCUT2D eigenvalue weighted by Crippen LogP contribution is -2.49. The van der Waals surface area contributed by atoms with Gasteiger partial charge in [0.1, 0.15) is 6.04 Å². The number of amides is 2. The molecule has 0 saturated carbocycles. The first-order valence-electron chi connectivity index (χ1n) is 10.5. The zero-order chi connectivity index (χ0) is 19.5. The summed E-state index contributed by atoms with van der Waals surface area (Å²) in [5.74, 6) is -0.330. The molecule has 4 heterocycles. The van der Waals surface area contributed by atoms with Crippen molar-refractivity contribution in [3.63, 3.8) is 0 Å². The van der Waals surface area contributed by atoms with Crippen LogP contribution in [0.15, 0.2) is 6.20 Å². The molecule has 3 N–H and O–H groups in total. The van der Waals surface area contributed by atoms with Gasteiger partial charge in [0.05, 0.1) is 12.6 Å². The first-order valence-corrected chi connectivity index (χ1v) is 10.5. The number of aromatic nitrogens is 2. The van der Waals surface area contributed by atoms with E-state index in [0.717, 1.165) is 43.6 Å². The van der Waals surface area contributed by atoms with Gasteiger partial charge < -0.3 is 15.5 Å². The predicted octanol–water partition coefficient (Wildman–Crippen LogP) is 0.475. The maximum Gasteiger partial charge on any atom is 0.239 e. The minimum Gasteiger partial charge on any atom is -0.368 e. The fraction of sp³-hybridized carbons (Fsp3) is 0.700. The van der Waals surface area contributed by atoms with Crippen LogP contribution in [-0.4, -0.2) is 82.0 Å². The number of fused-ring (bicyclic) bond motifs is 1. The highest BCUT2D eigenvalue weighted by molar-refractivity contribution is 5.86. The van der Waals surface area contributed by atoms with Crippen LogP contribution in [0.5, 0.6) is 0 Å². The van der Waals surface area contributed by atoms with Crippen molar-refractivity contribution in [2.24, 2.45) is 5.73 Å². The Morgan fingerprint density at radius 2 is 1.89 bits per heavy atom. The van der Waals surface area contributed by atoms with Crippen molar-refractivity contribution >= 4 is 11.8 Å². The first kappa shape index (κ1) is 19.4. The summed E-state index contributed by atoms with van der Waals surface area (Å²) < 4.78 is 0. The summed E-state index contributed by atoms with van der Waals surface area (Å²) >= 11 is 0. The lowest BCUT2D eigenvalue weighted by molar-refractivity contribution is -0.130. The van der Waals surface area contributed by atoms with Gasteiger partial charge in [0.2, 0.25) is 11.8 Å². The minimum absolute atomic E-state index is 0.0679. The van der Waals surface area contributed by atoms with Gasteiger partial charge in [0.15, 0.2) is 0 Å². The molecule has 1 aromatic heterocycles. The molecule has 4 rings (SSSR count). The van der Waals surface area contributed by atoms with E-state index in [1.807, 2.05) is 9.80 Å². The number of primary amides is 1. The highest BCUT2D eigenvalue weighted by atomic mass is 16.2. The summed E-state index contributed by atoms with van der Waals surface area (Å²) in [6.07, 6.45) is 10.3. The fourth-order valence-corrected chi connectivity index (χ4v) is 4.93. The topological polar surface area (TPSA) is 98.6 Å². The lowest BCUT2D eigenvalue weighted by atomic mass is 9.98. The molecule has 1 unspecified atom stereocenters. The fourth-order valence-electron chi connectivity index (χ4n) is 4.93. The maximum atomic E-state index is 12.7. The Hall–Kier alpha value is -1.93. The Kier molecular flexibility index (Phi) is 5.96. The van der Waals surface area contributed by atoms with Gasteiger partial charge in [-0.3, -0.25) is 19.6 Å². The molecule has 8 heteroatoms. The lowest BCUT2D eigenvalue weighted by Gasteiger charge is -2.40. The van der Waals surface area contributed by atoms with Crippen LogP contribution in [-0.2, 0) is 16.0 Å². The largest absolute Gasteiger partial charge is 0.368 e. The number of aromatic amines is 1. The summed E-state index contributed by atoms with van der Waals surface area (Å²) in [6.45, 7) is 5.18. The molecule has 3 aliphatic rings. The second-order valence-corrected chi connectivity index (χ2v) is 8.21. The molecule has 28 heavy (non-hydrogen) atoms. The quantitative estimate of drug-likeness (QED) is 0.766. The second kappa shape index (κ2) is 8.61. The number of nitrogens with two attached hydrogens (primary N) is 1. The molecule has 3 aliphatic heterocycles. The van der Waals surface area contributed by atoms with Crippen molar-refractivity contribution in [3.8, 4) is 0 Å². The summed E-state index contributed by atoms with van der Waals surface area (Å²) in [6, 6.07) is 0.113. The Morgan fingerprint density at radius 1 is 1.14 bits per heavy atom. The highest BCUT2D eigenvalue weighted by Gasteiger charge is 2.34. The third-order valence-corrected chi connectivity index (χ3v) is 6.51. The highest BCUT2D eigenvalue weighted by Crippen LogP contribution is 2.28. The van der Waals surface area contributed by atoms with Gasteiger partial charge in [0.25, 0.3) is 0 Å². The van der Waals surface area contributed by atoms with E-state index in [-0.39, 0.29) is 5.91 Å². The molecule has 8 nitrogen and oxygen atoms in total. The van der Waals surface area contributed by atoms with Crippen LogP contribution in [0, 0.1) is 6.42 Å². The molecular formula is C20H31N6O2. The number of carbonyl (C=O) groups excluding carboxylic acids is 2. The summed E-state index contributed by atoms with van der Waals surface area (Å²) in [5.41, 5.74) is 7.43. The third kappa shape index (κ3) is 4.07. The average molecular weight is 388 g/mol. The zero-order valence-corrected chi connectivity index (χ0v) is 16.5. The summed E-state index contributed by atoms with van der Waals surface area (Å²) in [4.78, 5) is 31.2. The SMILES string of the molecule is NC(=O)C1c2cn[nH]c2CCN1C[CH]C(=O)N1CCC(N2CCCCC2)CC1. The molecule has 0 aromatic carbocycles. The van der Waals surface area contributed by atoms with E-state index in [0.29, 0.717) is 19.1 Å². The van der Waals surface area contributed by atoms with E-state index < -0.39 is 11.9 Å². The number of carbonyl (C=O) groups is 2. The van der Waals surface area contributed by atoms with Crippen LogP contribution in [0.2, 0.25) is 0 Å². The Bertz CT molecular complexity index is 691. The smallest absolute Gasteiger partial charge is 0.239 e. The van der Waals surface area contributed by atoms with Crippen LogP contribution in [0.4, 0.5) is 0 Å². The van der Waals surface area contributed by atoms with Crippen LogP contribution in [0.25, 0.3) is 0 Å². The maximum absolute atomic E-state index is 12.7. The monoisotopic (exact) mass is 387 g/mol. The Labute approximate surface area is 166 Å². The number of piperidine rings is 2. The van der Waals surface area contributed by atoms with Crippen molar-refractivity contribution in [1.29, 1.82) is 0 Å². The number of likely N-dealkylation sites (tertiary alicyclic amines) is 2. The molecule has 2 fully saturated rings. The van der Waals surface area contributed by atoms with Gasteiger partial charge in [0, 0.05) is 49.9 Å². The van der Waals surface area contributed by atoms with E-state index in [2.05, 4.69) is 15.1 Å². The van der Waals surface area contributed by atoms with Gasteiger partial charge >= 0.3 is 0 Å². The van der Waals surface area contributed by atoms with Crippen molar-refractivity contribution in [2.75, 3.05) is 39.3 Å². The van der Waals surface area contributed by atoms with Crippen molar-refractivity contribution < 1.29 is 9.59 Å². The molecule has 2 saturated heterocycles. The third-order valence-electron chi connectivity index (χ3n) is 6.51. The van der Waals surface area contributed by atoms with Gasteiger partial charge in [-0.15, -0.1) is 0 Å². The molecule has 1 aromatic rings. The van der Waals surface area contributed by atoms with Crippen molar-refractivity contribution in [2.45, 2.75) is 50.6 Å². The predicted molar refractivity (Wildman–Crippen MR) is 105 cm³/mol. The second-order valence-electron chi connectivity index (χ2n) is 8.21. The van der Waals surface area contributed by atoms with Crippen LogP contribution < -0.4 is 5.73 Å². The number of hydrogen-bond acceptors (Lipinski definition) is 5. The van der Waals surface area contributed by atoms with Gasteiger partial charge in [-0.05, 0) is 38.8 Å². The van der Waals surface area contributed by atoms with E-state index in [1.54, 1.807) is 12.6 Å². The number of nitrogens with one attached hydrogen (secondary N) is 1. The number of nitrogens with zero attached hydrogens (tertiary/aromatic N) is 4. The van der Waals surface area contributed by atoms with Crippen molar-refractivity contribution in [3.05, 3.63) is 23.9 Å². The number of hydrogen-bond donors (Lipinski definition) is 2. The van der Waals surface area contributed by atoms with E-state index >= 15 is 0 Å². The molecular weight excluding hydrogens is 356 g/mol. The van der Waals surface area contributed by atoms with Gasteiger partial charge in [-0.1, -0.05) is 6.42 Å². The molecule has 0 aliphatic carbocycles. The Morgan fingerprint density at radius 3 is 2.61 bits per heavy atom. The zero-order valence-electron chi connectivity index (χ0n) is 16.5. The molecule has 1 atom stereocenters. The molecule has 153 valence electrons. The molecule has 0 spiro atoms.